The van der Waals surface area contributed by atoms with Gasteiger partial charge in [0.05, 0.1) is 17.5 Å². The second-order valence-electron chi connectivity index (χ2n) is 11.8. The van der Waals surface area contributed by atoms with Crippen LogP contribution >= 0.6 is 0 Å². The number of nitrogens with one attached hydrogen (secondary N) is 1. The molecule has 3 aliphatic heterocycles. The molecule has 0 unspecified atom stereocenters. The normalized spacial score (nSPS) is 25.7. The van der Waals surface area contributed by atoms with Crippen molar-refractivity contribution < 1.29 is 22.8 Å². The Hall–Kier alpha value is -2.13. The van der Waals surface area contributed by atoms with Crippen molar-refractivity contribution in [3.05, 3.63) is 35.4 Å². The average Bonchev–Trinajstić information content (AvgIpc) is 3.17. The van der Waals surface area contributed by atoms with Gasteiger partial charge in [-0.15, -0.1) is 0 Å². The number of carbonyl (C=O) groups is 2. The van der Waals surface area contributed by atoms with Gasteiger partial charge in [-0.3, -0.25) is 14.5 Å². The van der Waals surface area contributed by atoms with E-state index in [4.69, 9.17) is 0 Å². The zero-order valence-corrected chi connectivity index (χ0v) is 21.1. The molecule has 0 bridgehead atoms. The number of rotatable bonds is 4. The standard InChI is InChI=1S/C26H37F3N4O2/c1-24(2,3)17-31(4)20-13-21-23(35)30-25(14-22(34)33(21)16-20)9-11-32(12-10-25)15-18-5-7-19(8-6-18)26(27,28)29/h5-8,20-21H,9-17H2,1-4H3,(H,30,35)/t20-,21-/m0/s1. The predicted molar refractivity (Wildman–Crippen MR) is 127 cm³/mol. The molecule has 1 aromatic rings. The van der Waals surface area contributed by atoms with Gasteiger partial charge >= 0.3 is 6.18 Å². The number of nitrogens with zero attached hydrogens (tertiary/aromatic N) is 3. The number of amides is 2. The van der Waals surface area contributed by atoms with E-state index < -0.39 is 23.3 Å². The number of likely N-dealkylation sites (N-methyl/N-ethyl adjacent to an activating group) is 1. The summed E-state index contributed by atoms with van der Waals surface area (Å²) >= 11 is 0. The Bertz CT molecular complexity index is 905. The number of likely N-dealkylation sites (tertiary alicyclic amines) is 1. The Morgan fingerprint density at radius 2 is 1.71 bits per heavy atom. The smallest absolute Gasteiger partial charge is 0.348 e. The first kappa shape index (κ1) is 25.9. The van der Waals surface area contributed by atoms with Crippen molar-refractivity contribution in [1.29, 1.82) is 0 Å². The van der Waals surface area contributed by atoms with Crippen molar-refractivity contribution in [1.82, 2.24) is 20.0 Å². The molecule has 1 N–H and O–H groups in total. The van der Waals surface area contributed by atoms with Crippen LogP contribution in [0.2, 0.25) is 0 Å². The van der Waals surface area contributed by atoms with Crippen LogP contribution in [-0.4, -0.2) is 77.4 Å². The summed E-state index contributed by atoms with van der Waals surface area (Å²) in [6.07, 6.45) is -2.08. The molecule has 0 radical (unpaired) electrons. The summed E-state index contributed by atoms with van der Waals surface area (Å²) in [6, 6.07) is 5.03. The van der Waals surface area contributed by atoms with E-state index in [2.05, 4.69) is 42.9 Å². The molecule has 0 aliphatic carbocycles. The average molecular weight is 495 g/mol. The summed E-state index contributed by atoms with van der Waals surface area (Å²) in [4.78, 5) is 32.7. The summed E-state index contributed by atoms with van der Waals surface area (Å²) in [5.41, 5.74) is -0.228. The molecule has 3 saturated heterocycles. The lowest BCUT2D eigenvalue weighted by molar-refractivity contribution is -0.137. The maximum Gasteiger partial charge on any atom is 0.416 e. The summed E-state index contributed by atoms with van der Waals surface area (Å²) in [6.45, 7) is 9.93. The van der Waals surface area contributed by atoms with Crippen LogP contribution in [0.1, 0.15) is 57.6 Å². The molecule has 2 atom stereocenters. The molecule has 1 spiro atoms. The Kier molecular flexibility index (Phi) is 6.96. The molecule has 9 heteroatoms. The molecule has 3 heterocycles. The van der Waals surface area contributed by atoms with Crippen molar-refractivity contribution >= 4 is 11.8 Å². The van der Waals surface area contributed by atoms with Crippen molar-refractivity contribution in [2.75, 3.05) is 33.2 Å². The third-order valence-electron chi connectivity index (χ3n) is 7.63. The highest BCUT2D eigenvalue weighted by Gasteiger charge is 2.49. The Labute approximate surface area is 205 Å². The number of halogens is 3. The lowest BCUT2D eigenvalue weighted by Gasteiger charge is -2.41. The van der Waals surface area contributed by atoms with Crippen LogP contribution in [0.4, 0.5) is 13.2 Å². The van der Waals surface area contributed by atoms with Crippen LogP contribution in [0, 0.1) is 5.41 Å². The van der Waals surface area contributed by atoms with E-state index in [1.807, 2.05) is 0 Å². The van der Waals surface area contributed by atoms with E-state index in [0.29, 0.717) is 51.9 Å². The molecule has 3 aliphatic rings. The quantitative estimate of drug-likeness (QED) is 0.696. The highest BCUT2D eigenvalue weighted by molar-refractivity contribution is 5.92. The van der Waals surface area contributed by atoms with Gasteiger partial charge in [0, 0.05) is 38.8 Å². The van der Waals surface area contributed by atoms with E-state index >= 15 is 0 Å². The van der Waals surface area contributed by atoms with Crippen molar-refractivity contribution in [3.8, 4) is 0 Å². The zero-order chi connectivity index (χ0) is 25.6. The monoisotopic (exact) mass is 494 g/mol. The summed E-state index contributed by atoms with van der Waals surface area (Å²) < 4.78 is 38.4. The van der Waals surface area contributed by atoms with Crippen LogP contribution in [0.3, 0.4) is 0 Å². The van der Waals surface area contributed by atoms with Crippen LogP contribution in [-0.2, 0) is 22.3 Å². The lowest BCUT2D eigenvalue weighted by atomic mass is 9.83. The van der Waals surface area contributed by atoms with E-state index in [-0.39, 0.29) is 23.3 Å². The minimum atomic E-state index is -4.34. The largest absolute Gasteiger partial charge is 0.416 e. The zero-order valence-electron chi connectivity index (χ0n) is 21.1. The second-order valence-corrected chi connectivity index (χ2v) is 11.8. The molecule has 2 amide bonds. The van der Waals surface area contributed by atoms with E-state index in [0.717, 1.165) is 24.2 Å². The fourth-order valence-corrected chi connectivity index (χ4v) is 5.81. The molecule has 3 fully saturated rings. The molecule has 194 valence electrons. The molecular formula is C26H37F3N4O2. The molecule has 0 aromatic heterocycles. The van der Waals surface area contributed by atoms with Gasteiger partial charge in [-0.25, -0.2) is 0 Å². The number of benzene rings is 1. The number of hydrogen-bond acceptors (Lipinski definition) is 4. The maximum absolute atomic E-state index is 13.3. The third kappa shape index (κ3) is 6.00. The summed E-state index contributed by atoms with van der Waals surface area (Å²) in [5, 5.41) is 3.24. The van der Waals surface area contributed by atoms with Crippen molar-refractivity contribution in [3.63, 3.8) is 0 Å². The highest BCUT2D eigenvalue weighted by atomic mass is 19.4. The molecule has 0 saturated carbocycles. The van der Waals surface area contributed by atoms with Crippen molar-refractivity contribution in [2.24, 2.45) is 5.41 Å². The van der Waals surface area contributed by atoms with Crippen LogP contribution in [0.25, 0.3) is 0 Å². The van der Waals surface area contributed by atoms with Crippen LogP contribution in [0.5, 0.6) is 0 Å². The van der Waals surface area contributed by atoms with E-state index in [9.17, 15) is 22.8 Å². The van der Waals surface area contributed by atoms with Gasteiger partial charge in [0.15, 0.2) is 0 Å². The Morgan fingerprint density at radius 3 is 2.29 bits per heavy atom. The van der Waals surface area contributed by atoms with Gasteiger partial charge in [0.1, 0.15) is 6.04 Å². The van der Waals surface area contributed by atoms with Gasteiger partial charge in [0.2, 0.25) is 11.8 Å². The molecule has 6 nitrogen and oxygen atoms in total. The first-order chi connectivity index (χ1) is 16.2. The lowest BCUT2D eigenvalue weighted by Crippen LogP contribution is -2.56. The number of alkyl halides is 3. The first-order valence-electron chi connectivity index (χ1n) is 12.4. The number of carbonyl (C=O) groups excluding carboxylic acids is 2. The Balaban J connectivity index is 1.35. The minimum Gasteiger partial charge on any atom is -0.348 e. The topological polar surface area (TPSA) is 55.9 Å². The summed E-state index contributed by atoms with van der Waals surface area (Å²) in [5.74, 6) is -0.0186. The molecule has 4 rings (SSSR count). The Morgan fingerprint density at radius 1 is 1.09 bits per heavy atom. The molecule has 35 heavy (non-hydrogen) atoms. The molecular weight excluding hydrogens is 457 g/mol. The van der Waals surface area contributed by atoms with Gasteiger partial charge in [0.25, 0.3) is 0 Å². The van der Waals surface area contributed by atoms with E-state index in [1.54, 1.807) is 4.90 Å². The predicted octanol–water partition coefficient (Wildman–Crippen LogP) is 3.51. The molecule has 1 aromatic carbocycles. The minimum absolute atomic E-state index is 0.0381. The fourth-order valence-electron chi connectivity index (χ4n) is 5.81. The van der Waals surface area contributed by atoms with Crippen LogP contribution < -0.4 is 5.32 Å². The van der Waals surface area contributed by atoms with Gasteiger partial charge in [-0.2, -0.15) is 13.2 Å². The number of hydrogen-bond donors (Lipinski definition) is 1. The van der Waals surface area contributed by atoms with Crippen LogP contribution in [0.15, 0.2) is 24.3 Å². The number of piperidine rings is 1. The van der Waals surface area contributed by atoms with Gasteiger partial charge in [-0.1, -0.05) is 32.9 Å². The third-order valence-corrected chi connectivity index (χ3v) is 7.63. The highest BCUT2D eigenvalue weighted by Crippen LogP contribution is 2.34. The summed E-state index contributed by atoms with van der Waals surface area (Å²) in [7, 11) is 2.07. The van der Waals surface area contributed by atoms with Gasteiger partial charge < -0.3 is 15.1 Å². The van der Waals surface area contributed by atoms with Gasteiger partial charge in [-0.05, 0) is 49.4 Å². The fraction of sp³-hybridized carbons (Fsp3) is 0.692. The SMILES string of the molecule is CN(CC(C)(C)C)[C@H]1C[C@H]2C(=O)NC3(CCN(Cc4ccc(C(F)(F)F)cc4)CC3)CC(=O)N2C1. The van der Waals surface area contributed by atoms with Crippen molar-refractivity contribution in [2.45, 2.75) is 76.8 Å². The van der Waals surface area contributed by atoms with E-state index in [1.165, 1.54) is 12.1 Å². The maximum atomic E-state index is 13.3. The first-order valence-corrected chi connectivity index (χ1v) is 12.4. The number of fused-ring (bicyclic) bond motifs is 1. The second kappa shape index (κ2) is 9.39.